The molecule has 2 N–H and O–H groups in total. The van der Waals surface area contributed by atoms with Gasteiger partial charge in [0.25, 0.3) is 0 Å². The van der Waals surface area contributed by atoms with Crippen molar-refractivity contribution in [3.8, 4) is 16.9 Å². The van der Waals surface area contributed by atoms with Crippen molar-refractivity contribution in [1.82, 2.24) is 9.78 Å². The predicted octanol–water partition coefficient (Wildman–Crippen LogP) is 4.31. The number of benzene rings is 2. The largest absolute Gasteiger partial charge is 0.330 e. The van der Waals surface area contributed by atoms with Gasteiger partial charge in [0.2, 0.25) is 0 Å². The van der Waals surface area contributed by atoms with Gasteiger partial charge in [-0.3, -0.25) is 0 Å². The molecule has 0 aliphatic carbocycles. The summed E-state index contributed by atoms with van der Waals surface area (Å²) in [6.07, 6.45) is 0.762. The summed E-state index contributed by atoms with van der Waals surface area (Å²) in [5, 5.41) is 5.47. The van der Waals surface area contributed by atoms with E-state index in [1.165, 1.54) is 11.1 Å². The molecule has 3 aromatic rings. The third kappa shape index (κ3) is 3.31. The molecule has 0 fully saturated rings. The summed E-state index contributed by atoms with van der Waals surface area (Å²) in [5.74, 6) is 0. The molecule has 0 saturated carbocycles. The molecule has 1 heterocycles. The first kappa shape index (κ1) is 15.8. The number of aryl methyl sites for hydroxylation is 2. The van der Waals surface area contributed by atoms with Crippen LogP contribution in [0.3, 0.4) is 0 Å². The van der Waals surface area contributed by atoms with Gasteiger partial charge < -0.3 is 5.73 Å². The zero-order valence-corrected chi connectivity index (χ0v) is 14.1. The van der Waals surface area contributed by atoms with Crippen molar-refractivity contribution in [1.29, 1.82) is 0 Å². The molecule has 23 heavy (non-hydrogen) atoms. The van der Waals surface area contributed by atoms with E-state index in [1.807, 2.05) is 28.9 Å². The van der Waals surface area contributed by atoms with E-state index in [-0.39, 0.29) is 0 Å². The van der Waals surface area contributed by atoms with Crippen LogP contribution in [0.5, 0.6) is 0 Å². The van der Waals surface area contributed by atoms with Crippen molar-refractivity contribution in [3.05, 3.63) is 70.4 Å². The van der Waals surface area contributed by atoms with Crippen LogP contribution in [0.25, 0.3) is 16.9 Å². The highest BCUT2D eigenvalue weighted by Gasteiger charge is 2.12. The molecule has 0 radical (unpaired) electrons. The van der Waals surface area contributed by atoms with Crippen molar-refractivity contribution >= 4 is 11.6 Å². The van der Waals surface area contributed by atoms with E-state index in [1.54, 1.807) is 0 Å². The second-order valence-corrected chi connectivity index (χ2v) is 6.18. The number of halogens is 1. The Kier molecular flexibility index (Phi) is 4.51. The molecule has 3 nitrogen and oxygen atoms in total. The Morgan fingerprint density at radius 3 is 2.39 bits per heavy atom. The molecular formula is C19H20ClN3. The number of nitrogens with two attached hydrogens (primary N) is 1. The van der Waals surface area contributed by atoms with E-state index >= 15 is 0 Å². The van der Waals surface area contributed by atoms with E-state index in [9.17, 15) is 0 Å². The average molecular weight is 326 g/mol. The zero-order valence-electron chi connectivity index (χ0n) is 13.4. The minimum atomic E-state index is 0.587. The molecule has 3 rings (SSSR count). The molecule has 0 aliphatic rings. The Balaban J connectivity index is 2.14. The molecule has 0 atom stereocenters. The van der Waals surface area contributed by atoms with Crippen LogP contribution in [0.1, 0.15) is 16.8 Å². The van der Waals surface area contributed by atoms with Gasteiger partial charge in [-0.1, -0.05) is 29.8 Å². The van der Waals surface area contributed by atoms with Crippen LogP contribution < -0.4 is 5.73 Å². The fraction of sp³-hybridized carbons (Fsp3) is 0.211. The standard InChI is InChI=1S/C19H20ClN3/c1-13-3-8-18(11-14(13)2)23-19(12-17(22-23)9-10-21)15-4-6-16(20)7-5-15/h3-8,11-12H,9-10,21H2,1-2H3. The molecule has 1 aromatic heterocycles. The topological polar surface area (TPSA) is 43.8 Å². The van der Waals surface area contributed by atoms with Gasteiger partial charge in [-0.05, 0) is 61.9 Å². The van der Waals surface area contributed by atoms with Crippen molar-refractivity contribution in [2.75, 3.05) is 6.54 Å². The molecule has 118 valence electrons. The van der Waals surface area contributed by atoms with Crippen molar-refractivity contribution in [3.63, 3.8) is 0 Å². The minimum Gasteiger partial charge on any atom is -0.330 e. The molecule has 0 amide bonds. The van der Waals surface area contributed by atoms with Gasteiger partial charge in [-0.2, -0.15) is 5.10 Å². The maximum Gasteiger partial charge on any atom is 0.0743 e. The van der Waals surface area contributed by atoms with Gasteiger partial charge in [-0.15, -0.1) is 0 Å². The van der Waals surface area contributed by atoms with Gasteiger partial charge in [0.05, 0.1) is 17.1 Å². The van der Waals surface area contributed by atoms with Crippen LogP contribution in [0.2, 0.25) is 5.02 Å². The fourth-order valence-electron chi connectivity index (χ4n) is 2.58. The second-order valence-electron chi connectivity index (χ2n) is 5.75. The van der Waals surface area contributed by atoms with E-state index in [4.69, 9.17) is 22.4 Å². The number of hydrogen-bond donors (Lipinski definition) is 1. The van der Waals surface area contributed by atoms with Gasteiger partial charge in [0.1, 0.15) is 0 Å². The molecular weight excluding hydrogens is 306 g/mol. The average Bonchev–Trinajstić information content (AvgIpc) is 2.95. The zero-order chi connectivity index (χ0) is 16.4. The second kappa shape index (κ2) is 6.57. The summed E-state index contributed by atoms with van der Waals surface area (Å²) >= 11 is 6.01. The Bertz CT molecular complexity index is 819. The van der Waals surface area contributed by atoms with Crippen molar-refractivity contribution in [2.45, 2.75) is 20.3 Å². The molecule has 0 saturated heterocycles. The van der Waals surface area contributed by atoms with E-state index < -0.39 is 0 Å². The van der Waals surface area contributed by atoms with Gasteiger partial charge >= 0.3 is 0 Å². The summed E-state index contributed by atoms with van der Waals surface area (Å²) in [4.78, 5) is 0. The number of rotatable bonds is 4. The Labute approximate surface area is 141 Å². The maximum absolute atomic E-state index is 6.01. The van der Waals surface area contributed by atoms with Crippen molar-refractivity contribution in [2.24, 2.45) is 5.73 Å². The lowest BCUT2D eigenvalue weighted by Crippen LogP contribution is -2.04. The first-order chi connectivity index (χ1) is 11.1. The number of aromatic nitrogens is 2. The van der Waals surface area contributed by atoms with Crippen LogP contribution in [-0.2, 0) is 6.42 Å². The van der Waals surface area contributed by atoms with Crippen LogP contribution in [-0.4, -0.2) is 16.3 Å². The van der Waals surface area contributed by atoms with E-state index in [2.05, 4.69) is 38.1 Å². The molecule has 0 spiro atoms. The highest BCUT2D eigenvalue weighted by molar-refractivity contribution is 6.30. The predicted molar refractivity (Wildman–Crippen MR) is 96.2 cm³/mol. The number of hydrogen-bond acceptors (Lipinski definition) is 2. The number of nitrogens with zero attached hydrogens (tertiary/aromatic N) is 2. The smallest absolute Gasteiger partial charge is 0.0743 e. The minimum absolute atomic E-state index is 0.587. The third-order valence-electron chi connectivity index (χ3n) is 4.04. The molecule has 0 unspecified atom stereocenters. The normalized spacial score (nSPS) is 11.0. The lowest BCUT2D eigenvalue weighted by Gasteiger charge is -2.10. The third-order valence-corrected chi connectivity index (χ3v) is 4.29. The highest BCUT2D eigenvalue weighted by atomic mass is 35.5. The van der Waals surface area contributed by atoms with E-state index in [0.29, 0.717) is 6.54 Å². The Morgan fingerprint density at radius 2 is 1.74 bits per heavy atom. The maximum atomic E-state index is 6.01. The van der Waals surface area contributed by atoms with E-state index in [0.717, 1.165) is 34.1 Å². The van der Waals surface area contributed by atoms with Crippen LogP contribution in [0, 0.1) is 13.8 Å². The quantitative estimate of drug-likeness (QED) is 0.776. The SMILES string of the molecule is Cc1ccc(-n2nc(CCN)cc2-c2ccc(Cl)cc2)cc1C. The van der Waals surface area contributed by atoms with Crippen LogP contribution >= 0.6 is 11.6 Å². The van der Waals surface area contributed by atoms with Gasteiger partial charge in [-0.25, -0.2) is 4.68 Å². The first-order valence-electron chi connectivity index (χ1n) is 7.71. The summed E-state index contributed by atoms with van der Waals surface area (Å²) < 4.78 is 1.99. The molecule has 2 aromatic carbocycles. The lowest BCUT2D eigenvalue weighted by molar-refractivity contribution is 0.825. The van der Waals surface area contributed by atoms with Gasteiger partial charge in [0, 0.05) is 17.0 Å². The highest BCUT2D eigenvalue weighted by Crippen LogP contribution is 2.26. The monoisotopic (exact) mass is 325 g/mol. The summed E-state index contributed by atoms with van der Waals surface area (Å²) in [7, 11) is 0. The van der Waals surface area contributed by atoms with Crippen molar-refractivity contribution < 1.29 is 0 Å². The first-order valence-corrected chi connectivity index (χ1v) is 8.09. The van der Waals surface area contributed by atoms with Crippen LogP contribution in [0.4, 0.5) is 0 Å². The van der Waals surface area contributed by atoms with Crippen LogP contribution in [0.15, 0.2) is 48.5 Å². The Morgan fingerprint density at radius 1 is 1.00 bits per heavy atom. The molecule has 0 aliphatic heterocycles. The lowest BCUT2D eigenvalue weighted by atomic mass is 10.1. The Hall–Kier alpha value is -2.10. The molecule has 4 heteroatoms. The molecule has 0 bridgehead atoms. The summed E-state index contributed by atoms with van der Waals surface area (Å²) in [6.45, 7) is 4.82. The summed E-state index contributed by atoms with van der Waals surface area (Å²) in [6, 6.07) is 16.3. The fourth-order valence-corrected chi connectivity index (χ4v) is 2.71. The summed E-state index contributed by atoms with van der Waals surface area (Å²) in [5.41, 5.74) is 12.4. The van der Waals surface area contributed by atoms with Gasteiger partial charge in [0.15, 0.2) is 0 Å².